The lowest BCUT2D eigenvalue weighted by atomic mass is 10.0. The van der Waals surface area contributed by atoms with Gasteiger partial charge in [-0.25, -0.2) is 0 Å². The van der Waals surface area contributed by atoms with Gasteiger partial charge in [0.05, 0.1) is 6.42 Å². The molecule has 0 saturated carbocycles. The highest BCUT2D eigenvalue weighted by molar-refractivity contribution is 6.07. The Hall–Kier alpha value is -1.84. The van der Waals surface area contributed by atoms with E-state index in [1.54, 1.807) is 25.2 Å². The molecule has 1 unspecified atom stereocenters. The number of benzene rings is 1. The normalized spacial score (nSPS) is 21.1. The van der Waals surface area contributed by atoms with Crippen molar-refractivity contribution in [2.75, 3.05) is 7.05 Å². The van der Waals surface area contributed by atoms with Crippen LogP contribution in [0.4, 0.5) is 0 Å². The summed E-state index contributed by atoms with van der Waals surface area (Å²) in [5, 5.41) is 9.60. The number of ketones is 1. The van der Waals surface area contributed by atoms with Gasteiger partial charge < -0.3 is 10.0 Å². The van der Waals surface area contributed by atoms with Crippen LogP contribution in [0.2, 0.25) is 0 Å². The molecule has 78 valence electrons. The molecule has 4 heteroatoms. The summed E-state index contributed by atoms with van der Waals surface area (Å²) in [5.74, 6) is -0.311. The smallest absolute Gasteiger partial charge is 0.230 e. The monoisotopic (exact) mass is 205 g/mol. The largest absolute Gasteiger partial charge is 0.508 e. The van der Waals surface area contributed by atoms with E-state index in [1.807, 2.05) is 0 Å². The Balaban J connectivity index is 2.43. The Morgan fingerprint density at radius 1 is 1.33 bits per heavy atom. The summed E-state index contributed by atoms with van der Waals surface area (Å²) in [5.41, 5.74) is 0.496. The molecular formula is C11H11NO3. The number of hydrogen-bond donors (Lipinski definition) is 1. The van der Waals surface area contributed by atoms with Crippen LogP contribution >= 0.6 is 0 Å². The average molecular weight is 205 g/mol. The van der Waals surface area contributed by atoms with E-state index in [9.17, 15) is 14.7 Å². The second-order valence-electron chi connectivity index (χ2n) is 3.61. The number of likely N-dealkylation sites (N-methyl/N-ethyl adjacent to an activating group) is 1. The van der Waals surface area contributed by atoms with E-state index in [1.165, 1.54) is 11.0 Å². The number of nitrogens with zero attached hydrogens (tertiary/aromatic N) is 1. The molecule has 0 spiro atoms. The quantitative estimate of drug-likeness (QED) is 0.692. The number of carbonyl (C=O) groups excluding carboxylic acids is 2. The molecule has 0 aliphatic carbocycles. The maximum atomic E-state index is 11.6. The first-order valence-electron chi connectivity index (χ1n) is 4.67. The first-order valence-corrected chi connectivity index (χ1v) is 4.67. The Kier molecular flexibility index (Phi) is 2.19. The minimum Gasteiger partial charge on any atom is -0.508 e. The predicted molar refractivity (Wildman–Crippen MR) is 53.2 cm³/mol. The van der Waals surface area contributed by atoms with Gasteiger partial charge in [-0.1, -0.05) is 18.2 Å². The number of hydrogen-bond acceptors (Lipinski definition) is 3. The third kappa shape index (κ3) is 1.48. The number of Topliss-reactive ketones (excluding diaryl/α,β-unsaturated/α-hetero) is 1. The van der Waals surface area contributed by atoms with Crippen molar-refractivity contribution in [1.82, 2.24) is 4.90 Å². The molecule has 1 N–H and O–H groups in total. The molecule has 1 heterocycles. The predicted octanol–water partition coefficient (Wildman–Crippen LogP) is 0.864. The first-order chi connectivity index (χ1) is 7.11. The number of carbonyl (C=O) groups is 2. The van der Waals surface area contributed by atoms with Gasteiger partial charge in [0.15, 0.2) is 5.78 Å². The lowest BCUT2D eigenvalue weighted by molar-refractivity contribution is -0.127. The van der Waals surface area contributed by atoms with E-state index >= 15 is 0 Å². The minimum absolute atomic E-state index is 0.0531. The number of para-hydroxylation sites is 1. The van der Waals surface area contributed by atoms with Gasteiger partial charge in [-0.2, -0.15) is 0 Å². The van der Waals surface area contributed by atoms with E-state index in [4.69, 9.17) is 0 Å². The highest BCUT2D eigenvalue weighted by Crippen LogP contribution is 2.33. The molecule has 1 amide bonds. The highest BCUT2D eigenvalue weighted by Gasteiger charge is 2.37. The number of aromatic hydroxyl groups is 1. The van der Waals surface area contributed by atoms with Crippen molar-refractivity contribution in [1.29, 1.82) is 0 Å². The summed E-state index contributed by atoms with van der Waals surface area (Å²) in [4.78, 5) is 24.2. The summed E-state index contributed by atoms with van der Waals surface area (Å²) >= 11 is 0. The summed E-state index contributed by atoms with van der Waals surface area (Å²) in [6.07, 6.45) is -0.0739. The summed E-state index contributed by atoms with van der Waals surface area (Å²) in [6, 6.07) is 5.96. The summed E-state index contributed by atoms with van der Waals surface area (Å²) in [6.45, 7) is 0. The third-order valence-corrected chi connectivity index (χ3v) is 2.64. The van der Waals surface area contributed by atoms with Gasteiger partial charge in [-0.15, -0.1) is 0 Å². The Morgan fingerprint density at radius 2 is 2.00 bits per heavy atom. The molecule has 1 saturated heterocycles. The molecule has 1 aliphatic heterocycles. The fourth-order valence-corrected chi connectivity index (χ4v) is 1.83. The topological polar surface area (TPSA) is 57.6 Å². The van der Waals surface area contributed by atoms with Crippen LogP contribution in [-0.2, 0) is 9.59 Å². The minimum atomic E-state index is -0.626. The van der Waals surface area contributed by atoms with Crippen molar-refractivity contribution in [3.05, 3.63) is 29.8 Å². The molecule has 1 aromatic carbocycles. The maximum Gasteiger partial charge on any atom is 0.230 e. The van der Waals surface area contributed by atoms with Crippen LogP contribution < -0.4 is 0 Å². The lowest BCUT2D eigenvalue weighted by Gasteiger charge is -2.19. The number of likely N-dealkylation sites (tertiary alicyclic amines) is 1. The molecule has 1 atom stereocenters. The summed E-state index contributed by atoms with van der Waals surface area (Å²) < 4.78 is 0. The highest BCUT2D eigenvalue weighted by atomic mass is 16.3. The van der Waals surface area contributed by atoms with Crippen LogP contribution in [0.5, 0.6) is 5.75 Å². The number of rotatable bonds is 1. The maximum absolute atomic E-state index is 11.6. The van der Waals surface area contributed by atoms with Gasteiger partial charge in [0.2, 0.25) is 5.91 Å². The second-order valence-corrected chi connectivity index (χ2v) is 3.61. The first kappa shape index (κ1) is 9.71. The molecule has 0 radical (unpaired) electrons. The Labute approximate surface area is 87.1 Å². The fourth-order valence-electron chi connectivity index (χ4n) is 1.83. The van der Waals surface area contributed by atoms with E-state index < -0.39 is 6.04 Å². The van der Waals surface area contributed by atoms with Crippen molar-refractivity contribution < 1.29 is 14.7 Å². The van der Waals surface area contributed by atoms with Gasteiger partial charge in [-0.3, -0.25) is 9.59 Å². The molecule has 1 fully saturated rings. The molecule has 4 nitrogen and oxygen atoms in total. The van der Waals surface area contributed by atoms with E-state index in [0.717, 1.165) is 0 Å². The van der Waals surface area contributed by atoms with Crippen LogP contribution in [0.1, 0.15) is 18.0 Å². The van der Waals surface area contributed by atoms with Crippen LogP contribution in [-0.4, -0.2) is 28.7 Å². The van der Waals surface area contributed by atoms with Crippen LogP contribution in [0, 0.1) is 0 Å². The molecule has 1 aliphatic rings. The lowest BCUT2D eigenvalue weighted by Crippen LogP contribution is -2.24. The van der Waals surface area contributed by atoms with Crippen LogP contribution in [0.3, 0.4) is 0 Å². The SMILES string of the molecule is CN1C(=O)CC(=O)C1c1ccccc1O. The van der Waals surface area contributed by atoms with Gasteiger partial charge >= 0.3 is 0 Å². The van der Waals surface area contributed by atoms with Crippen molar-refractivity contribution in [2.24, 2.45) is 0 Å². The number of amides is 1. The van der Waals surface area contributed by atoms with Crippen molar-refractivity contribution in [3.8, 4) is 5.75 Å². The van der Waals surface area contributed by atoms with Gasteiger partial charge in [0, 0.05) is 12.6 Å². The summed E-state index contributed by atoms with van der Waals surface area (Å²) in [7, 11) is 1.57. The zero-order valence-corrected chi connectivity index (χ0v) is 8.30. The van der Waals surface area contributed by atoms with Crippen LogP contribution in [0.15, 0.2) is 24.3 Å². The molecule has 1 aromatic rings. The molecule has 15 heavy (non-hydrogen) atoms. The van der Waals surface area contributed by atoms with Gasteiger partial charge in [0.1, 0.15) is 11.8 Å². The molecule has 2 rings (SSSR count). The van der Waals surface area contributed by atoms with Crippen molar-refractivity contribution in [2.45, 2.75) is 12.5 Å². The molecule has 0 aromatic heterocycles. The zero-order chi connectivity index (χ0) is 11.0. The Morgan fingerprint density at radius 3 is 2.53 bits per heavy atom. The molecule has 0 bridgehead atoms. The fraction of sp³-hybridized carbons (Fsp3) is 0.273. The molecular weight excluding hydrogens is 194 g/mol. The van der Waals surface area contributed by atoms with Crippen molar-refractivity contribution >= 4 is 11.7 Å². The number of phenolic OH excluding ortho intramolecular Hbond substituents is 1. The zero-order valence-electron chi connectivity index (χ0n) is 8.30. The standard InChI is InChI=1S/C11H11NO3/c1-12-10(15)6-9(14)11(12)7-4-2-3-5-8(7)13/h2-5,11,13H,6H2,1H3. The second kappa shape index (κ2) is 3.38. The third-order valence-electron chi connectivity index (χ3n) is 2.64. The Bertz CT molecular complexity index is 428. The van der Waals surface area contributed by atoms with E-state index in [0.29, 0.717) is 5.56 Å². The number of phenols is 1. The van der Waals surface area contributed by atoms with E-state index in [-0.39, 0.29) is 23.9 Å². The van der Waals surface area contributed by atoms with E-state index in [2.05, 4.69) is 0 Å². The van der Waals surface area contributed by atoms with Gasteiger partial charge in [0.25, 0.3) is 0 Å². The van der Waals surface area contributed by atoms with Gasteiger partial charge in [-0.05, 0) is 6.07 Å². The van der Waals surface area contributed by atoms with Crippen molar-refractivity contribution in [3.63, 3.8) is 0 Å². The van der Waals surface area contributed by atoms with Crippen LogP contribution in [0.25, 0.3) is 0 Å². The average Bonchev–Trinajstić information content (AvgIpc) is 2.43.